The molecule has 0 spiro atoms. The second-order valence-electron chi connectivity index (χ2n) is 6.85. The molecule has 2 fully saturated rings. The molecule has 1 aliphatic carbocycles. The van der Waals surface area contributed by atoms with Crippen molar-refractivity contribution in [1.82, 2.24) is 10.2 Å². The summed E-state index contributed by atoms with van der Waals surface area (Å²) in [5, 5.41) is 3.21. The standard InChI is InChI=1S/C18H24N2O3/c1-19-10-12-4-5-20(11-12)18(21)15-9-14(15)13-2-3-16-17(8-13)23-7-6-22-16/h2-3,8,12,14-15,19H,4-7,9-11H2,1H3. The number of fused-ring (bicyclic) bond motifs is 1. The highest BCUT2D eigenvalue weighted by atomic mass is 16.6. The molecule has 3 unspecified atom stereocenters. The summed E-state index contributed by atoms with van der Waals surface area (Å²) in [5.41, 5.74) is 1.21. The molecule has 1 aromatic carbocycles. The lowest BCUT2D eigenvalue weighted by molar-refractivity contribution is -0.131. The molecule has 5 heteroatoms. The van der Waals surface area contributed by atoms with Gasteiger partial charge in [0, 0.05) is 19.0 Å². The Bertz CT molecular complexity index is 604. The van der Waals surface area contributed by atoms with Crippen LogP contribution in [0.2, 0.25) is 0 Å². The minimum absolute atomic E-state index is 0.158. The van der Waals surface area contributed by atoms with E-state index in [1.807, 2.05) is 13.1 Å². The first-order valence-electron chi connectivity index (χ1n) is 8.59. The molecule has 2 heterocycles. The Hall–Kier alpha value is -1.75. The lowest BCUT2D eigenvalue weighted by Crippen LogP contribution is -2.31. The number of nitrogens with zero attached hydrogens (tertiary/aromatic N) is 1. The fourth-order valence-electron chi connectivity index (χ4n) is 3.85. The summed E-state index contributed by atoms with van der Waals surface area (Å²) in [5.74, 6) is 3.09. The SMILES string of the molecule is CNCC1CCN(C(=O)C2CC2c2ccc3c(c2)OCCO3)C1. The van der Waals surface area contributed by atoms with Crippen LogP contribution in [0.1, 0.15) is 24.3 Å². The summed E-state index contributed by atoms with van der Waals surface area (Å²) in [7, 11) is 1.98. The number of ether oxygens (including phenoxy) is 2. The molecule has 0 aromatic heterocycles. The van der Waals surface area contributed by atoms with Crippen molar-refractivity contribution in [2.45, 2.75) is 18.8 Å². The van der Waals surface area contributed by atoms with Crippen molar-refractivity contribution < 1.29 is 14.3 Å². The molecule has 3 atom stereocenters. The molecule has 2 aliphatic heterocycles. The average molecular weight is 316 g/mol. The van der Waals surface area contributed by atoms with E-state index in [4.69, 9.17) is 9.47 Å². The van der Waals surface area contributed by atoms with E-state index < -0.39 is 0 Å². The van der Waals surface area contributed by atoms with Gasteiger partial charge in [0.2, 0.25) is 5.91 Å². The van der Waals surface area contributed by atoms with Crippen LogP contribution in [0.25, 0.3) is 0 Å². The Balaban J connectivity index is 1.39. The number of hydrogen-bond acceptors (Lipinski definition) is 4. The summed E-state index contributed by atoms with van der Waals surface area (Å²) in [6, 6.07) is 6.11. The normalized spacial score (nSPS) is 28.7. The molecule has 1 aromatic rings. The van der Waals surface area contributed by atoms with Crippen molar-refractivity contribution in [3.05, 3.63) is 23.8 Å². The molecule has 4 rings (SSSR count). The first-order valence-corrected chi connectivity index (χ1v) is 8.59. The van der Waals surface area contributed by atoms with Crippen molar-refractivity contribution in [2.75, 3.05) is 39.9 Å². The maximum absolute atomic E-state index is 12.7. The molecule has 1 N–H and O–H groups in total. The van der Waals surface area contributed by atoms with Crippen LogP contribution in [0.3, 0.4) is 0 Å². The van der Waals surface area contributed by atoms with Gasteiger partial charge in [0.25, 0.3) is 0 Å². The Kier molecular flexibility index (Phi) is 3.89. The van der Waals surface area contributed by atoms with E-state index in [2.05, 4.69) is 22.3 Å². The Morgan fingerprint density at radius 3 is 2.96 bits per heavy atom. The number of amides is 1. The number of benzene rings is 1. The van der Waals surface area contributed by atoms with E-state index in [-0.39, 0.29) is 5.92 Å². The predicted molar refractivity (Wildman–Crippen MR) is 86.9 cm³/mol. The van der Waals surface area contributed by atoms with Gasteiger partial charge in [0.05, 0.1) is 0 Å². The number of likely N-dealkylation sites (tertiary alicyclic amines) is 1. The van der Waals surface area contributed by atoms with Crippen LogP contribution in [0, 0.1) is 11.8 Å². The van der Waals surface area contributed by atoms with Crippen LogP contribution < -0.4 is 14.8 Å². The Morgan fingerprint density at radius 1 is 1.30 bits per heavy atom. The van der Waals surface area contributed by atoms with Gasteiger partial charge in [-0.05, 0) is 56.0 Å². The van der Waals surface area contributed by atoms with Gasteiger partial charge in [0.1, 0.15) is 13.2 Å². The highest BCUT2D eigenvalue weighted by Gasteiger charge is 2.47. The highest BCUT2D eigenvalue weighted by Crippen LogP contribution is 2.50. The van der Waals surface area contributed by atoms with Crippen LogP contribution in [0.5, 0.6) is 11.5 Å². The van der Waals surface area contributed by atoms with Crippen LogP contribution >= 0.6 is 0 Å². The third-order valence-electron chi connectivity index (χ3n) is 5.19. The van der Waals surface area contributed by atoms with Crippen molar-refractivity contribution in [3.8, 4) is 11.5 Å². The van der Waals surface area contributed by atoms with E-state index in [1.54, 1.807) is 0 Å². The summed E-state index contributed by atoms with van der Waals surface area (Å²) in [4.78, 5) is 14.7. The molecule has 5 nitrogen and oxygen atoms in total. The number of rotatable bonds is 4. The van der Waals surface area contributed by atoms with Gasteiger partial charge in [-0.15, -0.1) is 0 Å². The number of nitrogens with one attached hydrogen (secondary N) is 1. The highest BCUT2D eigenvalue weighted by molar-refractivity contribution is 5.83. The lowest BCUT2D eigenvalue weighted by Gasteiger charge is -2.19. The number of carbonyl (C=O) groups excluding carboxylic acids is 1. The smallest absolute Gasteiger partial charge is 0.226 e. The molecule has 1 saturated carbocycles. The molecule has 1 saturated heterocycles. The molecule has 0 bridgehead atoms. The summed E-state index contributed by atoms with van der Waals surface area (Å²) < 4.78 is 11.2. The van der Waals surface area contributed by atoms with Crippen LogP contribution in [0.15, 0.2) is 18.2 Å². The second-order valence-corrected chi connectivity index (χ2v) is 6.85. The van der Waals surface area contributed by atoms with Crippen molar-refractivity contribution in [2.24, 2.45) is 11.8 Å². The third-order valence-corrected chi connectivity index (χ3v) is 5.19. The van der Waals surface area contributed by atoms with Crippen molar-refractivity contribution in [3.63, 3.8) is 0 Å². The van der Waals surface area contributed by atoms with Gasteiger partial charge in [-0.25, -0.2) is 0 Å². The Labute approximate surface area is 136 Å². The predicted octanol–water partition coefficient (Wildman–Crippen LogP) is 1.63. The molecule has 124 valence electrons. The molecular weight excluding hydrogens is 292 g/mol. The monoisotopic (exact) mass is 316 g/mol. The van der Waals surface area contributed by atoms with Gasteiger partial charge in [-0.3, -0.25) is 4.79 Å². The summed E-state index contributed by atoms with van der Waals surface area (Å²) in [6.07, 6.45) is 2.08. The van der Waals surface area contributed by atoms with Gasteiger partial charge in [0.15, 0.2) is 11.5 Å². The maximum Gasteiger partial charge on any atom is 0.226 e. The van der Waals surface area contributed by atoms with Crippen molar-refractivity contribution >= 4 is 5.91 Å². The van der Waals surface area contributed by atoms with Crippen LogP contribution in [-0.2, 0) is 4.79 Å². The van der Waals surface area contributed by atoms with Crippen LogP contribution in [-0.4, -0.2) is 50.7 Å². The second kappa shape index (κ2) is 6.04. The topological polar surface area (TPSA) is 50.8 Å². The third kappa shape index (κ3) is 2.90. The maximum atomic E-state index is 12.7. The fraction of sp³-hybridized carbons (Fsp3) is 0.611. The van der Waals surface area contributed by atoms with E-state index in [1.165, 1.54) is 5.56 Å². The van der Waals surface area contributed by atoms with Gasteiger partial charge >= 0.3 is 0 Å². The minimum atomic E-state index is 0.158. The first kappa shape index (κ1) is 14.8. The lowest BCUT2D eigenvalue weighted by atomic mass is 10.1. The zero-order chi connectivity index (χ0) is 15.8. The molecule has 0 radical (unpaired) electrons. The van der Waals surface area contributed by atoms with E-state index in [0.717, 1.165) is 44.0 Å². The van der Waals surface area contributed by atoms with Gasteiger partial charge in [-0.2, -0.15) is 0 Å². The largest absolute Gasteiger partial charge is 0.486 e. The van der Waals surface area contributed by atoms with E-state index >= 15 is 0 Å². The number of hydrogen-bond donors (Lipinski definition) is 1. The molecule has 3 aliphatic rings. The quantitative estimate of drug-likeness (QED) is 0.917. The molecular formula is C18H24N2O3. The average Bonchev–Trinajstić information content (AvgIpc) is 3.25. The zero-order valence-corrected chi connectivity index (χ0v) is 13.6. The van der Waals surface area contributed by atoms with Gasteiger partial charge in [-0.1, -0.05) is 6.07 Å². The number of carbonyl (C=O) groups is 1. The minimum Gasteiger partial charge on any atom is -0.486 e. The first-order chi connectivity index (χ1) is 11.3. The summed E-state index contributed by atoms with van der Waals surface area (Å²) in [6.45, 7) is 4.03. The molecule has 1 amide bonds. The van der Waals surface area contributed by atoms with E-state index in [0.29, 0.717) is 31.0 Å². The van der Waals surface area contributed by atoms with E-state index in [9.17, 15) is 4.79 Å². The molecule has 23 heavy (non-hydrogen) atoms. The summed E-state index contributed by atoms with van der Waals surface area (Å²) >= 11 is 0. The zero-order valence-electron chi connectivity index (χ0n) is 13.6. The van der Waals surface area contributed by atoms with Crippen LogP contribution in [0.4, 0.5) is 0 Å². The Morgan fingerprint density at radius 2 is 2.13 bits per heavy atom. The fourth-order valence-corrected chi connectivity index (χ4v) is 3.85. The van der Waals surface area contributed by atoms with Crippen molar-refractivity contribution in [1.29, 1.82) is 0 Å². The van der Waals surface area contributed by atoms with Gasteiger partial charge < -0.3 is 19.7 Å².